The van der Waals surface area contributed by atoms with Gasteiger partial charge in [0, 0.05) is 6.20 Å². The Hall–Kier alpha value is -2.37. The number of H-pyrrole nitrogens is 1. The molecule has 0 saturated heterocycles. The second-order valence-electron chi connectivity index (χ2n) is 4.06. The van der Waals surface area contributed by atoms with Crippen LogP contribution in [0.1, 0.15) is 17.4 Å². The number of ether oxygens (including phenoxy) is 1. The van der Waals surface area contributed by atoms with Crippen molar-refractivity contribution < 1.29 is 13.9 Å². The van der Waals surface area contributed by atoms with Crippen molar-refractivity contribution in [2.24, 2.45) is 0 Å². The molecule has 2 N–H and O–H groups in total. The van der Waals surface area contributed by atoms with E-state index in [1.165, 1.54) is 18.3 Å². The van der Waals surface area contributed by atoms with Crippen molar-refractivity contribution in [3.8, 4) is 5.75 Å². The van der Waals surface area contributed by atoms with Crippen LogP contribution in [-0.4, -0.2) is 28.8 Å². The molecule has 0 aliphatic carbocycles. The summed E-state index contributed by atoms with van der Waals surface area (Å²) in [7, 11) is 0. The summed E-state index contributed by atoms with van der Waals surface area (Å²) in [4.78, 5) is 11.6. The van der Waals surface area contributed by atoms with E-state index in [0.29, 0.717) is 18.0 Å². The van der Waals surface area contributed by atoms with Gasteiger partial charge < -0.3 is 10.1 Å². The Morgan fingerprint density at radius 3 is 2.79 bits per heavy atom. The average molecular weight is 263 g/mol. The second-order valence-corrected chi connectivity index (χ2v) is 4.06. The number of halogens is 1. The Balaban J connectivity index is 1.80. The number of nitrogens with one attached hydrogen (secondary N) is 2. The van der Waals surface area contributed by atoms with E-state index in [1.807, 2.05) is 6.92 Å². The van der Waals surface area contributed by atoms with E-state index in [0.717, 1.165) is 0 Å². The van der Waals surface area contributed by atoms with Crippen LogP contribution in [0.2, 0.25) is 0 Å². The number of nitrogens with zero attached hydrogens (tertiary/aromatic N) is 1. The van der Waals surface area contributed by atoms with Gasteiger partial charge in [-0.05, 0) is 37.3 Å². The topological polar surface area (TPSA) is 67.0 Å². The summed E-state index contributed by atoms with van der Waals surface area (Å²) in [6.07, 6.45) is 1.28. The zero-order valence-electron chi connectivity index (χ0n) is 10.4. The minimum atomic E-state index is -0.312. The van der Waals surface area contributed by atoms with Gasteiger partial charge in [0.05, 0.1) is 6.54 Å². The molecule has 2 aromatic rings. The molecule has 1 heterocycles. The van der Waals surface area contributed by atoms with Crippen molar-refractivity contribution in [3.05, 3.63) is 48.0 Å². The van der Waals surface area contributed by atoms with E-state index in [1.54, 1.807) is 18.2 Å². The SMILES string of the molecule is CC(CNC(=O)c1ccn[nH]1)Oc1ccc(F)cc1. The first-order chi connectivity index (χ1) is 9.15. The number of aromatic amines is 1. The Kier molecular flexibility index (Phi) is 4.12. The molecule has 1 atom stereocenters. The third-order valence-corrected chi connectivity index (χ3v) is 2.45. The molecule has 19 heavy (non-hydrogen) atoms. The molecule has 0 bridgehead atoms. The molecular formula is C13H14FN3O2. The minimum Gasteiger partial charge on any atom is -0.489 e. The number of amides is 1. The molecule has 0 aliphatic rings. The van der Waals surface area contributed by atoms with Gasteiger partial charge in [0.25, 0.3) is 5.91 Å². The van der Waals surface area contributed by atoms with Crippen molar-refractivity contribution >= 4 is 5.91 Å². The molecule has 100 valence electrons. The average Bonchev–Trinajstić information content (AvgIpc) is 2.93. The van der Waals surface area contributed by atoms with Gasteiger partial charge in [0.1, 0.15) is 23.4 Å². The van der Waals surface area contributed by atoms with Crippen LogP contribution in [0.4, 0.5) is 4.39 Å². The summed E-state index contributed by atoms with van der Waals surface area (Å²) in [5.41, 5.74) is 0.397. The lowest BCUT2D eigenvalue weighted by Crippen LogP contribution is -2.33. The fourth-order valence-electron chi connectivity index (χ4n) is 1.50. The third-order valence-electron chi connectivity index (χ3n) is 2.45. The molecule has 1 amide bonds. The van der Waals surface area contributed by atoms with E-state index in [-0.39, 0.29) is 17.8 Å². The van der Waals surface area contributed by atoms with Crippen LogP contribution < -0.4 is 10.1 Å². The molecule has 1 aromatic heterocycles. The summed E-state index contributed by atoms with van der Waals surface area (Å²) in [6.45, 7) is 2.16. The maximum Gasteiger partial charge on any atom is 0.269 e. The normalized spacial score (nSPS) is 11.9. The molecule has 1 unspecified atom stereocenters. The van der Waals surface area contributed by atoms with E-state index >= 15 is 0 Å². The molecule has 0 spiro atoms. The van der Waals surface area contributed by atoms with Crippen molar-refractivity contribution in [2.75, 3.05) is 6.54 Å². The molecular weight excluding hydrogens is 249 g/mol. The van der Waals surface area contributed by atoms with Crippen LogP contribution in [0, 0.1) is 5.82 Å². The van der Waals surface area contributed by atoms with Gasteiger partial charge in [0.15, 0.2) is 0 Å². The molecule has 5 nitrogen and oxygen atoms in total. The molecule has 0 fully saturated rings. The molecule has 0 radical (unpaired) electrons. The molecule has 0 saturated carbocycles. The van der Waals surface area contributed by atoms with Crippen molar-refractivity contribution in [2.45, 2.75) is 13.0 Å². The first kappa shape index (κ1) is 13.1. The maximum atomic E-state index is 12.7. The standard InChI is InChI=1S/C13H14FN3O2/c1-9(19-11-4-2-10(14)3-5-11)8-15-13(18)12-6-7-16-17-12/h2-7,9H,8H2,1H3,(H,15,18)(H,16,17). The number of aromatic nitrogens is 2. The van der Waals surface area contributed by atoms with Crippen molar-refractivity contribution in [3.63, 3.8) is 0 Å². The Morgan fingerprint density at radius 1 is 1.42 bits per heavy atom. The third kappa shape index (κ3) is 3.80. The van der Waals surface area contributed by atoms with Gasteiger partial charge in [-0.3, -0.25) is 9.89 Å². The van der Waals surface area contributed by atoms with E-state index < -0.39 is 0 Å². The van der Waals surface area contributed by atoms with Crippen molar-refractivity contribution in [1.29, 1.82) is 0 Å². The lowest BCUT2D eigenvalue weighted by atomic mass is 10.3. The van der Waals surface area contributed by atoms with Crippen molar-refractivity contribution in [1.82, 2.24) is 15.5 Å². The summed E-state index contributed by atoms with van der Waals surface area (Å²) in [6, 6.07) is 7.32. The number of carbonyl (C=O) groups excluding carboxylic acids is 1. The van der Waals surface area contributed by atoms with Crippen LogP contribution >= 0.6 is 0 Å². The predicted molar refractivity (Wildman–Crippen MR) is 67.4 cm³/mol. The van der Waals surface area contributed by atoms with E-state index in [4.69, 9.17) is 4.74 Å². The molecule has 0 aliphatic heterocycles. The number of hydrogen-bond acceptors (Lipinski definition) is 3. The summed E-state index contributed by atoms with van der Waals surface area (Å²) >= 11 is 0. The van der Waals surface area contributed by atoms with E-state index in [2.05, 4.69) is 15.5 Å². The highest BCUT2D eigenvalue weighted by molar-refractivity contribution is 5.92. The monoisotopic (exact) mass is 263 g/mol. The number of hydrogen-bond donors (Lipinski definition) is 2. The van der Waals surface area contributed by atoms with Gasteiger partial charge >= 0.3 is 0 Å². The van der Waals surface area contributed by atoms with Crippen LogP contribution in [0.5, 0.6) is 5.75 Å². The second kappa shape index (κ2) is 5.99. The first-order valence-corrected chi connectivity index (χ1v) is 5.85. The smallest absolute Gasteiger partial charge is 0.269 e. The molecule has 6 heteroatoms. The lowest BCUT2D eigenvalue weighted by molar-refractivity contribution is 0.0927. The Labute approximate surface area is 109 Å². The van der Waals surface area contributed by atoms with Crippen LogP contribution in [0.3, 0.4) is 0 Å². The van der Waals surface area contributed by atoms with Gasteiger partial charge in [-0.1, -0.05) is 0 Å². The fraction of sp³-hybridized carbons (Fsp3) is 0.231. The predicted octanol–water partition coefficient (Wildman–Crippen LogP) is 1.75. The Morgan fingerprint density at radius 2 is 2.16 bits per heavy atom. The lowest BCUT2D eigenvalue weighted by Gasteiger charge is -2.15. The Bertz CT molecular complexity index is 525. The highest BCUT2D eigenvalue weighted by atomic mass is 19.1. The summed E-state index contributed by atoms with van der Waals surface area (Å²) in [5.74, 6) is 0.00398. The highest BCUT2D eigenvalue weighted by Gasteiger charge is 2.09. The van der Waals surface area contributed by atoms with Crippen LogP contribution in [-0.2, 0) is 0 Å². The summed E-state index contributed by atoms with van der Waals surface area (Å²) in [5, 5.41) is 8.97. The molecule has 2 rings (SSSR count). The molecule has 1 aromatic carbocycles. The van der Waals surface area contributed by atoms with Gasteiger partial charge in [0.2, 0.25) is 0 Å². The number of benzene rings is 1. The highest BCUT2D eigenvalue weighted by Crippen LogP contribution is 2.12. The maximum absolute atomic E-state index is 12.7. The van der Waals surface area contributed by atoms with Crippen LogP contribution in [0.15, 0.2) is 36.5 Å². The van der Waals surface area contributed by atoms with Gasteiger partial charge in [-0.15, -0.1) is 0 Å². The summed E-state index contributed by atoms with van der Waals surface area (Å²) < 4.78 is 18.2. The largest absolute Gasteiger partial charge is 0.489 e. The number of rotatable bonds is 5. The minimum absolute atomic E-state index is 0.225. The fourth-order valence-corrected chi connectivity index (χ4v) is 1.50. The van der Waals surface area contributed by atoms with E-state index in [9.17, 15) is 9.18 Å². The van der Waals surface area contributed by atoms with Gasteiger partial charge in [-0.2, -0.15) is 5.10 Å². The first-order valence-electron chi connectivity index (χ1n) is 5.85. The zero-order valence-corrected chi connectivity index (χ0v) is 10.4. The van der Waals surface area contributed by atoms with Gasteiger partial charge in [-0.25, -0.2) is 4.39 Å². The zero-order chi connectivity index (χ0) is 13.7. The van der Waals surface area contributed by atoms with Crippen LogP contribution in [0.25, 0.3) is 0 Å². The number of carbonyl (C=O) groups is 1. The quantitative estimate of drug-likeness (QED) is 0.863.